The van der Waals surface area contributed by atoms with E-state index in [0.29, 0.717) is 23.1 Å². The summed E-state index contributed by atoms with van der Waals surface area (Å²) < 4.78 is 4.73. The molecule has 5 nitrogen and oxygen atoms in total. The van der Waals surface area contributed by atoms with Crippen molar-refractivity contribution in [3.8, 4) is 6.07 Å². The Balaban J connectivity index is 2.01. The number of aryl methyl sites for hydroxylation is 1. The first kappa shape index (κ1) is 15.6. The highest BCUT2D eigenvalue weighted by Crippen LogP contribution is 2.21. The lowest BCUT2D eigenvalue weighted by Crippen LogP contribution is -2.03. The second-order valence-electron chi connectivity index (χ2n) is 5.54. The molecule has 0 aliphatic heterocycles. The van der Waals surface area contributed by atoms with Crippen LogP contribution in [-0.4, -0.2) is 23.0 Å². The minimum atomic E-state index is -0.394. The van der Waals surface area contributed by atoms with Crippen molar-refractivity contribution in [1.82, 2.24) is 9.97 Å². The maximum Gasteiger partial charge on any atom is 0.337 e. The van der Waals surface area contributed by atoms with Crippen molar-refractivity contribution >= 4 is 16.9 Å². The zero-order valence-corrected chi connectivity index (χ0v) is 13.4. The third-order valence-corrected chi connectivity index (χ3v) is 3.72. The third kappa shape index (κ3) is 3.08. The molecule has 118 valence electrons. The van der Waals surface area contributed by atoms with Crippen LogP contribution in [0.15, 0.2) is 42.7 Å². The van der Waals surface area contributed by atoms with Gasteiger partial charge in [-0.1, -0.05) is 0 Å². The van der Waals surface area contributed by atoms with E-state index in [0.717, 1.165) is 22.2 Å². The molecule has 2 aromatic heterocycles. The predicted molar refractivity (Wildman–Crippen MR) is 89.6 cm³/mol. The summed E-state index contributed by atoms with van der Waals surface area (Å²) in [5, 5.41) is 10.3. The predicted octanol–water partition coefficient (Wildman–Crippen LogP) is 3.19. The van der Waals surface area contributed by atoms with Crippen LogP contribution in [0.3, 0.4) is 0 Å². The number of methoxy groups -OCH3 is 1. The van der Waals surface area contributed by atoms with Crippen molar-refractivity contribution < 1.29 is 9.53 Å². The van der Waals surface area contributed by atoms with Crippen LogP contribution >= 0.6 is 0 Å². The Morgan fingerprint density at radius 2 is 2.08 bits per heavy atom. The van der Waals surface area contributed by atoms with Gasteiger partial charge in [-0.05, 0) is 48.4 Å². The van der Waals surface area contributed by atoms with Gasteiger partial charge in [-0.15, -0.1) is 0 Å². The summed E-state index contributed by atoms with van der Waals surface area (Å²) >= 11 is 0. The van der Waals surface area contributed by atoms with E-state index in [2.05, 4.69) is 16.0 Å². The highest BCUT2D eigenvalue weighted by molar-refractivity contribution is 5.89. The van der Waals surface area contributed by atoms with Gasteiger partial charge in [0.1, 0.15) is 6.07 Å². The molecule has 1 aromatic carbocycles. The van der Waals surface area contributed by atoms with Gasteiger partial charge >= 0.3 is 5.97 Å². The van der Waals surface area contributed by atoms with Gasteiger partial charge in [0.15, 0.2) is 0 Å². The molecule has 2 heterocycles. The summed E-state index contributed by atoms with van der Waals surface area (Å²) in [7, 11) is 1.35. The molecule has 3 aromatic rings. The van der Waals surface area contributed by atoms with E-state index in [1.54, 1.807) is 24.5 Å². The minimum absolute atomic E-state index is 0.394. The number of rotatable bonds is 3. The molecular formula is C19H15N3O2. The number of ether oxygens (including phenoxy) is 1. The summed E-state index contributed by atoms with van der Waals surface area (Å²) in [6.07, 6.45) is 3.85. The fraction of sp³-hybridized carbons (Fsp3) is 0.158. The molecule has 0 saturated heterocycles. The lowest BCUT2D eigenvalue weighted by atomic mass is 10.0. The molecule has 0 N–H and O–H groups in total. The first-order valence-electron chi connectivity index (χ1n) is 7.43. The molecule has 3 rings (SSSR count). The summed E-state index contributed by atoms with van der Waals surface area (Å²) in [5.41, 5.74) is 4.41. The fourth-order valence-corrected chi connectivity index (χ4v) is 2.64. The van der Waals surface area contributed by atoms with Gasteiger partial charge in [0, 0.05) is 29.9 Å². The smallest absolute Gasteiger partial charge is 0.337 e. The van der Waals surface area contributed by atoms with Crippen LogP contribution in [0.1, 0.15) is 32.7 Å². The minimum Gasteiger partial charge on any atom is -0.465 e. The second-order valence-corrected chi connectivity index (χ2v) is 5.54. The fourth-order valence-electron chi connectivity index (χ4n) is 2.64. The molecular weight excluding hydrogens is 302 g/mol. The number of carbonyl (C=O) groups excluding carboxylic acids is 1. The molecule has 0 saturated carbocycles. The number of pyridine rings is 2. The number of hydrogen-bond acceptors (Lipinski definition) is 5. The highest BCUT2D eigenvalue weighted by atomic mass is 16.5. The van der Waals surface area contributed by atoms with Gasteiger partial charge in [0.05, 0.1) is 23.8 Å². The molecule has 0 aliphatic rings. The molecule has 0 bridgehead atoms. The average Bonchev–Trinajstić information content (AvgIpc) is 2.60. The number of hydrogen-bond donors (Lipinski definition) is 0. The summed E-state index contributed by atoms with van der Waals surface area (Å²) in [6.45, 7) is 1.96. The molecule has 0 aliphatic carbocycles. The van der Waals surface area contributed by atoms with E-state index in [9.17, 15) is 10.1 Å². The molecule has 0 amide bonds. The van der Waals surface area contributed by atoms with Crippen molar-refractivity contribution in [2.75, 3.05) is 7.11 Å². The molecule has 0 fully saturated rings. The first-order valence-corrected chi connectivity index (χ1v) is 7.43. The van der Waals surface area contributed by atoms with E-state index in [4.69, 9.17) is 4.74 Å². The van der Waals surface area contributed by atoms with Crippen LogP contribution in [0.4, 0.5) is 0 Å². The topological polar surface area (TPSA) is 75.9 Å². The van der Waals surface area contributed by atoms with Crippen molar-refractivity contribution in [2.45, 2.75) is 13.3 Å². The third-order valence-electron chi connectivity index (χ3n) is 3.72. The largest absolute Gasteiger partial charge is 0.465 e. The van der Waals surface area contributed by atoms with E-state index >= 15 is 0 Å². The summed E-state index contributed by atoms with van der Waals surface area (Å²) in [5.74, 6) is -0.394. The number of fused-ring (bicyclic) bond motifs is 1. The van der Waals surface area contributed by atoms with Crippen molar-refractivity contribution in [2.24, 2.45) is 0 Å². The molecule has 0 radical (unpaired) electrons. The highest BCUT2D eigenvalue weighted by Gasteiger charge is 2.10. The van der Waals surface area contributed by atoms with E-state index < -0.39 is 5.97 Å². The van der Waals surface area contributed by atoms with E-state index in [1.807, 2.05) is 25.1 Å². The van der Waals surface area contributed by atoms with E-state index in [1.165, 1.54) is 7.11 Å². The van der Waals surface area contributed by atoms with Crippen LogP contribution in [0.25, 0.3) is 10.9 Å². The second kappa shape index (κ2) is 6.47. The average molecular weight is 317 g/mol. The molecule has 0 spiro atoms. The lowest BCUT2D eigenvalue weighted by molar-refractivity contribution is 0.0600. The normalized spacial score (nSPS) is 10.4. The summed E-state index contributed by atoms with van der Waals surface area (Å²) in [4.78, 5) is 20.3. The molecule has 0 atom stereocenters. The number of carbonyl (C=O) groups is 1. The van der Waals surface area contributed by atoms with Crippen molar-refractivity contribution in [3.63, 3.8) is 0 Å². The number of aromatic nitrogens is 2. The molecule has 0 unspecified atom stereocenters. The standard InChI is InChI=1S/C19H15N3O2/c1-12-5-15-6-13(7-16(10-20)18(15)22-11-12)8-17-9-14(3-4-21-17)19(23)24-2/h3-7,9,11H,8H2,1-2H3. The van der Waals surface area contributed by atoms with Crippen molar-refractivity contribution in [1.29, 1.82) is 5.26 Å². The Morgan fingerprint density at radius 1 is 1.25 bits per heavy atom. The number of nitriles is 1. The summed E-state index contributed by atoms with van der Waals surface area (Å²) in [6, 6.07) is 11.3. The SMILES string of the molecule is COC(=O)c1ccnc(Cc2cc(C#N)c3ncc(C)cc3c2)c1. The Hall–Kier alpha value is -3.26. The number of benzene rings is 1. The zero-order chi connectivity index (χ0) is 17.1. The van der Waals surface area contributed by atoms with Crippen LogP contribution in [-0.2, 0) is 11.2 Å². The maximum absolute atomic E-state index is 11.6. The Bertz CT molecular complexity index is 974. The van der Waals surface area contributed by atoms with Crippen LogP contribution in [0, 0.1) is 18.3 Å². The Kier molecular flexibility index (Phi) is 4.21. The van der Waals surface area contributed by atoms with Gasteiger partial charge in [-0.2, -0.15) is 5.26 Å². The Labute approximate surface area is 139 Å². The maximum atomic E-state index is 11.6. The lowest BCUT2D eigenvalue weighted by Gasteiger charge is -2.07. The van der Waals surface area contributed by atoms with Crippen LogP contribution in [0.2, 0.25) is 0 Å². The first-order chi connectivity index (χ1) is 11.6. The zero-order valence-electron chi connectivity index (χ0n) is 13.4. The number of nitrogens with zero attached hydrogens (tertiary/aromatic N) is 3. The van der Waals surface area contributed by atoms with Gasteiger partial charge in [-0.3, -0.25) is 9.97 Å². The quantitative estimate of drug-likeness (QED) is 0.693. The monoisotopic (exact) mass is 317 g/mol. The molecule has 5 heteroatoms. The number of esters is 1. The van der Waals surface area contributed by atoms with Crippen molar-refractivity contribution in [3.05, 3.63) is 70.7 Å². The van der Waals surface area contributed by atoms with Gasteiger partial charge in [0.2, 0.25) is 0 Å². The Morgan fingerprint density at radius 3 is 2.83 bits per heavy atom. The van der Waals surface area contributed by atoms with Gasteiger partial charge < -0.3 is 4.74 Å². The van der Waals surface area contributed by atoms with Crippen LogP contribution in [0.5, 0.6) is 0 Å². The van der Waals surface area contributed by atoms with Crippen LogP contribution < -0.4 is 0 Å². The van der Waals surface area contributed by atoms with Gasteiger partial charge in [-0.25, -0.2) is 4.79 Å². The van der Waals surface area contributed by atoms with Gasteiger partial charge in [0.25, 0.3) is 0 Å². The van der Waals surface area contributed by atoms with E-state index in [-0.39, 0.29) is 0 Å². The molecule has 24 heavy (non-hydrogen) atoms.